The average Bonchev–Trinajstić information content (AvgIpc) is 1.50. The molecule has 30 valence electrons. The first-order valence-corrected chi connectivity index (χ1v) is 0.705. The number of nitrogens with two attached hydrogens (primary N) is 1. The Balaban J connectivity index is -0.0000000133. The molecule has 5 heavy (non-hydrogen) atoms. The molecule has 0 saturated heterocycles. The van der Waals surface area contributed by atoms with E-state index in [1.807, 2.05) is 0 Å². The van der Waals surface area contributed by atoms with Gasteiger partial charge in [0.1, 0.15) is 0 Å². The van der Waals surface area contributed by atoms with Gasteiger partial charge in [-0.25, -0.2) is 5.90 Å². The molecule has 0 radical (unpaired) electrons. The molecule has 0 fully saturated rings. The quantitative estimate of drug-likeness (QED) is 0.254. The molecule has 0 heterocycles. The first-order chi connectivity index (χ1) is 2.00. The predicted molar refractivity (Wildman–Crippen MR) is 21.3 cm³/mol. The maximum absolute atomic E-state index is 7.00. The molecule has 0 aliphatic carbocycles. The molecule has 0 aliphatic heterocycles. The van der Waals surface area contributed by atoms with Gasteiger partial charge in [0.2, 0.25) is 0 Å². The van der Waals surface area contributed by atoms with E-state index in [9.17, 15) is 0 Å². The Hall–Kier alpha value is 1.52. The van der Waals surface area contributed by atoms with Crippen molar-refractivity contribution in [2.24, 2.45) is 5.90 Å². The molecule has 0 saturated carbocycles. The molecule has 0 unspecified atom stereocenters. The Morgan fingerprint density at radius 1 is 1.20 bits per heavy atom. The van der Waals surface area contributed by atoms with Crippen molar-refractivity contribution in [2.45, 2.75) is 0 Å². The fraction of sp³-hybridized carbons (Fsp3) is 1.00. The van der Waals surface area contributed by atoms with E-state index in [0.29, 0.717) is 0 Å². The molecule has 0 aromatic carbocycles. The minimum atomic E-state index is 0. The average molecular weight is 105 g/mol. The van der Waals surface area contributed by atoms with Crippen molar-refractivity contribution >= 4 is 51.4 Å². The zero-order valence-electron chi connectivity index (χ0n) is 2.47. The van der Waals surface area contributed by atoms with Gasteiger partial charge >= 0.3 is 51.4 Å². The van der Waals surface area contributed by atoms with Gasteiger partial charge in [0.25, 0.3) is 0 Å². The van der Waals surface area contributed by atoms with E-state index in [2.05, 4.69) is 5.90 Å². The van der Waals surface area contributed by atoms with Crippen LogP contribution in [0.2, 0.25) is 0 Å². The monoisotopic (exact) mass is 105 g/mol. The normalized spacial score (nSPS) is 2.40. The maximum atomic E-state index is 7.00. The van der Waals surface area contributed by atoms with Crippen LogP contribution in [-0.2, 0) is 0 Å². The molecule has 0 bridgehead atoms. The standard InChI is InChI=1S/CH4O.K.H3NO.H/c1-2;;1-2;/h2H,1H3;;2H,1H2;. The number of hydrogen-bond acceptors (Lipinski definition) is 3. The van der Waals surface area contributed by atoms with Crippen LogP contribution in [0, 0.1) is 0 Å². The van der Waals surface area contributed by atoms with Gasteiger partial charge in [0.15, 0.2) is 0 Å². The second-order valence-electron chi connectivity index (χ2n) is 0. The Labute approximate surface area is 73.6 Å². The summed E-state index contributed by atoms with van der Waals surface area (Å²) >= 11 is 0. The van der Waals surface area contributed by atoms with E-state index in [1.165, 1.54) is 0 Å². The molecule has 0 atom stereocenters. The topological polar surface area (TPSA) is 66.5 Å². The summed E-state index contributed by atoms with van der Waals surface area (Å²) in [6.45, 7) is 0. The van der Waals surface area contributed by atoms with Crippen molar-refractivity contribution in [1.29, 1.82) is 0 Å². The third-order valence-corrected chi connectivity index (χ3v) is 0. The van der Waals surface area contributed by atoms with E-state index < -0.39 is 0 Å². The molecule has 0 aromatic heterocycles. The summed E-state index contributed by atoms with van der Waals surface area (Å²) in [5, 5.41) is 13.5. The molecule has 0 spiro atoms. The first-order valence-electron chi connectivity index (χ1n) is 0.705. The van der Waals surface area contributed by atoms with Gasteiger partial charge in [-0.3, -0.25) is 0 Å². The van der Waals surface area contributed by atoms with Gasteiger partial charge in [0, 0.05) is 7.11 Å². The van der Waals surface area contributed by atoms with E-state index in [1.54, 1.807) is 0 Å². The van der Waals surface area contributed by atoms with Crippen LogP contribution in [0.15, 0.2) is 0 Å². The fourth-order valence-corrected chi connectivity index (χ4v) is 0. The van der Waals surface area contributed by atoms with E-state index in [0.717, 1.165) is 7.11 Å². The van der Waals surface area contributed by atoms with Crippen LogP contribution in [0.5, 0.6) is 0 Å². The van der Waals surface area contributed by atoms with Gasteiger partial charge in [-0.05, 0) is 0 Å². The fourth-order valence-electron chi connectivity index (χ4n) is 0. The SMILES string of the molecule is CO.NO.[KH]. The zero-order chi connectivity index (χ0) is 4.00. The third kappa shape index (κ3) is 29.7. The molecule has 4 N–H and O–H groups in total. The predicted octanol–water partition coefficient (Wildman–Crippen LogP) is -1.71. The minimum absolute atomic E-state index is 0. The summed E-state index contributed by atoms with van der Waals surface area (Å²) in [6.07, 6.45) is 0. The summed E-state index contributed by atoms with van der Waals surface area (Å²) in [4.78, 5) is 0. The van der Waals surface area contributed by atoms with E-state index in [4.69, 9.17) is 10.3 Å². The molecule has 0 aromatic rings. The summed E-state index contributed by atoms with van der Waals surface area (Å²) < 4.78 is 0. The Morgan fingerprint density at radius 3 is 1.20 bits per heavy atom. The van der Waals surface area contributed by atoms with Crippen LogP contribution in [0.3, 0.4) is 0 Å². The number of aliphatic hydroxyl groups excluding tert-OH is 1. The van der Waals surface area contributed by atoms with Gasteiger partial charge < -0.3 is 10.3 Å². The van der Waals surface area contributed by atoms with Crippen molar-refractivity contribution in [1.82, 2.24) is 0 Å². The van der Waals surface area contributed by atoms with Crippen molar-refractivity contribution in [2.75, 3.05) is 7.11 Å². The van der Waals surface area contributed by atoms with Crippen molar-refractivity contribution < 1.29 is 10.3 Å². The summed E-state index contributed by atoms with van der Waals surface area (Å²) in [5.41, 5.74) is 0. The molecular weight excluding hydrogens is 97.1 g/mol. The Bertz CT molecular complexity index is 9.61. The number of hydrogen-bond donors (Lipinski definition) is 3. The number of rotatable bonds is 0. The molecule has 0 aliphatic rings. The third-order valence-electron chi connectivity index (χ3n) is 0. The zero-order valence-corrected chi connectivity index (χ0v) is 2.47. The first kappa shape index (κ1) is 16.0. The molecule has 0 amide bonds. The second kappa shape index (κ2) is 48.9. The summed E-state index contributed by atoms with van der Waals surface area (Å²) in [7, 11) is 1.00. The van der Waals surface area contributed by atoms with E-state index >= 15 is 0 Å². The van der Waals surface area contributed by atoms with Crippen molar-refractivity contribution in [3.05, 3.63) is 0 Å². The van der Waals surface area contributed by atoms with Gasteiger partial charge in [-0.1, -0.05) is 0 Å². The van der Waals surface area contributed by atoms with Crippen LogP contribution < -0.4 is 5.90 Å². The molecular formula is CH8KNO2. The van der Waals surface area contributed by atoms with Crippen LogP contribution in [0.25, 0.3) is 0 Å². The van der Waals surface area contributed by atoms with Crippen LogP contribution in [0.4, 0.5) is 0 Å². The van der Waals surface area contributed by atoms with Gasteiger partial charge in [0.05, 0.1) is 0 Å². The van der Waals surface area contributed by atoms with Crippen molar-refractivity contribution in [3.63, 3.8) is 0 Å². The van der Waals surface area contributed by atoms with Crippen LogP contribution >= 0.6 is 0 Å². The Morgan fingerprint density at radius 2 is 1.20 bits per heavy atom. The second-order valence-corrected chi connectivity index (χ2v) is 0. The van der Waals surface area contributed by atoms with E-state index in [-0.39, 0.29) is 51.4 Å². The molecule has 0 rings (SSSR count). The van der Waals surface area contributed by atoms with Crippen LogP contribution in [-0.4, -0.2) is 68.8 Å². The van der Waals surface area contributed by atoms with Gasteiger partial charge in [-0.15, -0.1) is 0 Å². The van der Waals surface area contributed by atoms with Crippen LogP contribution in [0.1, 0.15) is 0 Å². The number of aliphatic hydroxyl groups is 1. The summed E-state index contributed by atoms with van der Waals surface area (Å²) in [6, 6.07) is 0. The molecule has 3 nitrogen and oxygen atoms in total. The Kier molecular flexibility index (Phi) is 157. The van der Waals surface area contributed by atoms with Gasteiger partial charge in [-0.2, -0.15) is 0 Å². The summed E-state index contributed by atoms with van der Waals surface area (Å²) in [5.74, 6) is 3.50. The van der Waals surface area contributed by atoms with Crippen molar-refractivity contribution in [3.8, 4) is 0 Å². The molecule has 4 heteroatoms.